The van der Waals surface area contributed by atoms with Crippen molar-refractivity contribution in [2.45, 2.75) is 27.7 Å². The van der Waals surface area contributed by atoms with Crippen LogP contribution < -0.4 is 0 Å². The van der Waals surface area contributed by atoms with Crippen LogP contribution in [0.4, 0.5) is 0 Å². The lowest BCUT2D eigenvalue weighted by Gasteiger charge is -2.11. The third-order valence-corrected chi connectivity index (χ3v) is 4.69. The fraction of sp³-hybridized carbons (Fsp3) is 0.167. The van der Waals surface area contributed by atoms with Gasteiger partial charge in [-0.05, 0) is 60.4 Å². The summed E-state index contributed by atoms with van der Waals surface area (Å²) in [5.41, 5.74) is 5.43. The maximum atomic E-state index is 2.21. The molecule has 0 bridgehead atoms. The van der Waals surface area contributed by atoms with Crippen molar-refractivity contribution < 1.29 is 0 Å². The zero-order valence-electron chi connectivity index (χ0n) is 14.9. The zero-order chi connectivity index (χ0) is 17.1. The van der Waals surface area contributed by atoms with Gasteiger partial charge in [-0.15, -0.1) is 0 Å². The first-order chi connectivity index (χ1) is 11.6. The van der Waals surface area contributed by atoms with Crippen molar-refractivity contribution in [1.82, 2.24) is 0 Å². The van der Waals surface area contributed by atoms with E-state index in [9.17, 15) is 0 Å². The van der Waals surface area contributed by atoms with E-state index < -0.39 is 0 Å². The van der Waals surface area contributed by atoms with Crippen molar-refractivity contribution in [2.75, 3.05) is 0 Å². The number of aryl methyl sites for hydroxylation is 4. The summed E-state index contributed by atoms with van der Waals surface area (Å²) in [5.74, 6) is 0. The predicted molar refractivity (Wildman–Crippen MR) is 107 cm³/mol. The molecular weight excluding hydrogens is 288 g/mol. The van der Waals surface area contributed by atoms with Gasteiger partial charge >= 0.3 is 0 Å². The van der Waals surface area contributed by atoms with Crippen LogP contribution in [0.25, 0.3) is 21.5 Å². The summed E-state index contributed by atoms with van der Waals surface area (Å²) in [6.45, 7) is 8.62. The van der Waals surface area contributed by atoms with E-state index in [1.807, 2.05) is 0 Å². The molecule has 0 amide bonds. The summed E-state index contributed by atoms with van der Waals surface area (Å²) in [7, 11) is 0. The highest BCUT2D eigenvalue weighted by Gasteiger charge is 2.06. The average molecular weight is 312 g/mol. The standard InChI is InChI=1S/C16H14.C8H10/c1-11-13-7-3-5-9-15(13)12(2)16-10-6-4-8-14(11)16;1-7-3-5-8(2)6-4-7/h3-10H,1-2H3;3-6H,1-2H3. The predicted octanol–water partition coefficient (Wildman–Crippen LogP) is 6.91. The fourth-order valence-corrected chi connectivity index (χ4v) is 3.20. The van der Waals surface area contributed by atoms with Gasteiger partial charge in [0.15, 0.2) is 0 Å². The van der Waals surface area contributed by atoms with Crippen molar-refractivity contribution in [2.24, 2.45) is 0 Å². The molecule has 0 heterocycles. The Morgan fingerprint density at radius 3 is 0.875 bits per heavy atom. The van der Waals surface area contributed by atoms with Gasteiger partial charge < -0.3 is 0 Å². The average Bonchev–Trinajstić information content (AvgIpc) is 2.63. The molecule has 0 spiro atoms. The van der Waals surface area contributed by atoms with Crippen LogP contribution in [0.2, 0.25) is 0 Å². The lowest BCUT2D eigenvalue weighted by atomic mass is 9.93. The van der Waals surface area contributed by atoms with Crippen LogP contribution >= 0.6 is 0 Å². The third kappa shape index (κ3) is 3.19. The van der Waals surface area contributed by atoms with Crippen LogP contribution in [0.1, 0.15) is 22.3 Å². The Morgan fingerprint density at radius 1 is 0.375 bits per heavy atom. The first-order valence-electron chi connectivity index (χ1n) is 8.48. The SMILES string of the molecule is Cc1c2ccccc2c(C)c2ccccc12.Cc1ccc(C)cc1. The van der Waals surface area contributed by atoms with Gasteiger partial charge in [0.25, 0.3) is 0 Å². The van der Waals surface area contributed by atoms with Crippen molar-refractivity contribution in [3.63, 3.8) is 0 Å². The molecule has 0 radical (unpaired) electrons. The minimum Gasteiger partial charge on any atom is -0.0616 e. The molecule has 0 saturated heterocycles. The van der Waals surface area contributed by atoms with Gasteiger partial charge in [0, 0.05) is 0 Å². The van der Waals surface area contributed by atoms with E-state index in [-0.39, 0.29) is 0 Å². The van der Waals surface area contributed by atoms with E-state index in [4.69, 9.17) is 0 Å². The van der Waals surface area contributed by atoms with Gasteiger partial charge in [0.05, 0.1) is 0 Å². The Bertz CT molecular complexity index is 838. The smallest absolute Gasteiger partial charge is 0.0146 e. The molecule has 0 fully saturated rings. The molecule has 24 heavy (non-hydrogen) atoms. The van der Waals surface area contributed by atoms with Crippen LogP contribution in [-0.4, -0.2) is 0 Å². The Hall–Kier alpha value is -2.60. The lowest BCUT2D eigenvalue weighted by molar-refractivity contribution is 1.40. The van der Waals surface area contributed by atoms with Gasteiger partial charge in [-0.25, -0.2) is 0 Å². The summed E-state index contributed by atoms with van der Waals surface area (Å²) in [4.78, 5) is 0. The topological polar surface area (TPSA) is 0 Å². The van der Waals surface area contributed by atoms with E-state index in [1.165, 1.54) is 43.8 Å². The molecule has 0 aromatic heterocycles. The highest BCUT2D eigenvalue weighted by molar-refractivity contribution is 6.05. The summed E-state index contributed by atoms with van der Waals surface area (Å²) in [6.07, 6.45) is 0. The minimum atomic E-state index is 1.33. The number of hydrogen-bond acceptors (Lipinski definition) is 0. The molecular formula is C24H24. The lowest BCUT2D eigenvalue weighted by Crippen LogP contribution is -1.87. The normalized spacial score (nSPS) is 10.5. The third-order valence-electron chi connectivity index (χ3n) is 4.69. The summed E-state index contributed by atoms with van der Waals surface area (Å²) >= 11 is 0. The van der Waals surface area contributed by atoms with E-state index in [0.717, 1.165) is 0 Å². The van der Waals surface area contributed by atoms with E-state index in [1.54, 1.807) is 0 Å². The first-order valence-corrected chi connectivity index (χ1v) is 8.48. The molecule has 120 valence electrons. The van der Waals surface area contributed by atoms with E-state index in [0.29, 0.717) is 0 Å². The van der Waals surface area contributed by atoms with Crippen LogP contribution in [0.3, 0.4) is 0 Å². The number of hydrogen-bond donors (Lipinski definition) is 0. The highest BCUT2D eigenvalue weighted by Crippen LogP contribution is 2.31. The van der Waals surface area contributed by atoms with Crippen LogP contribution in [0, 0.1) is 27.7 Å². The Balaban J connectivity index is 0.000000179. The molecule has 0 N–H and O–H groups in total. The molecule has 0 aliphatic heterocycles. The van der Waals surface area contributed by atoms with Crippen LogP contribution in [0.5, 0.6) is 0 Å². The Morgan fingerprint density at radius 2 is 0.625 bits per heavy atom. The molecule has 4 rings (SSSR count). The molecule has 0 saturated carbocycles. The summed E-state index contributed by atoms with van der Waals surface area (Å²) in [6, 6.07) is 25.8. The molecule has 0 atom stereocenters. The summed E-state index contributed by atoms with van der Waals surface area (Å²) < 4.78 is 0. The highest BCUT2D eigenvalue weighted by atomic mass is 14.1. The quantitative estimate of drug-likeness (QED) is 0.309. The Kier molecular flexibility index (Phi) is 4.66. The van der Waals surface area contributed by atoms with E-state index >= 15 is 0 Å². The number of rotatable bonds is 0. The van der Waals surface area contributed by atoms with Crippen molar-refractivity contribution >= 4 is 21.5 Å². The largest absolute Gasteiger partial charge is 0.0616 e. The zero-order valence-corrected chi connectivity index (χ0v) is 14.9. The van der Waals surface area contributed by atoms with Crippen LogP contribution in [0.15, 0.2) is 72.8 Å². The second kappa shape index (κ2) is 6.88. The monoisotopic (exact) mass is 312 g/mol. The van der Waals surface area contributed by atoms with Gasteiger partial charge in [0.1, 0.15) is 0 Å². The Labute approximate surface area is 144 Å². The second-order valence-electron chi connectivity index (χ2n) is 6.50. The van der Waals surface area contributed by atoms with E-state index in [2.05, 4.69) is 100 Å². The van der Waals surface area contributed by atoms with Gasteiger partial charge in [0.2, 0.25) is 0 Å². The minimum absolute atomic E-state index is 1.33. The van der Waals surface area contributed by atoms with Crippen LogP contribution in [-0.2, 0) is 0 Å². The summed E-state index contributed by atoms with van der Waals surface area (Å²) in [5, 5.41) is 5.50. The van der Waals surface area contributed by atoms with Crippen molar-refractivity contribution in [3.8, 4) is 0 Å². The van der Waals surface area contributed by atoms with Gasteiger partial charge in [-0.3, -0.25) is 0 Å². The molecule has 0 aliphatic rings. The molecule has 0 heteroatoms. The molecule has 0 nitrogen and oxygen atoms in total. The first kappa shape index (κ1) is 16.3. The van der Waals surface area contributed by atoms with Gasteiger partial charge in [-0.2, -0.15) is 0 Å². The maximum Gasteiger partial charge on any atom is -0.0146 e. The van der Waals surface area contributed by atoms with Gasteiger partial charge in [-0.1, -0.05) is 83.9 Å². The molecule has 0 aliphatic carbocycles. The fourth-order valence-electron chi connectivity index (χ4n) is 3.20. The second-order valence-corrected chi connectivity index (χ2v) is 6.50. The maximum absolute atomic E-state index is 2.21. The van der Waals surface area contributed by atoms with Crippen molar-refractivity contribution in [1.29, 1.82) is 0 Å². The van der Waals surface area contributed by atoms with Crippen molar-refractivity contribution in [3.05, 3.63) is 95.1 Å². The molecule has 4 aromatic rings. The number of fused-ring (bicyclic) bond motifs is 2. The molecule has 0 unspecified atom stereocenters. The number of benzene rings is 4. The molecule has 4 aromatic carbocycles.